The number of anilines is 1. The number of carbonyl (C=O) groups is 1. The van der Waals surface area contributed by atoms with Crippen LogP contribution >= 0.6 is 22.9 Å². The standard InChI is InChI=1S/C18H22ClN3O3S2/c1-13-14(19)4-3-5-17(13)27(24,25)20-15-7-11-26-16(15)6-8-22-10-9-21(2)12-18(22)23/h3-5,7,11,20H,6,8-10,12H2,1-2H3. The molecule has 1 N–H and O–H groups in total. The molecule has 0 saturated carbocycles. The van der Waals surface area contributed by atoms with E-state index in [1.165, 1.54) is 11.3 Å². The quantitative estimate of drug-likeness (QED) is 0.769. The van der Waals surface area contributed by atoms with E-state index in [-0.39, 0.29) is 10.8 Å². The van der Waals surface area contributed by atoms with Gasteiger partial charge in [-0.25, -0.2) is 8.42 Å². The first-order chi connectivity index (χ1) is 12.8. The third-order valence-corrected chi connectivity index (χ3v) is 7.52. The average molecular weight is 428 g/mol. The molecular weight excluding hydrogens is 406 g/mol. The summed E-state index contributed by atoms with van der Waals surface area (Å²) < 4.78 is 28.2. The van der Waals surface area contributed by atoms with E-state index in [1.54, 1.807) is 31.2 Å². The van der Waals surface area contributed by atoms with E-state index in [1.807, 2.05) is 22.2 Å². The third kappa shape index (κ3) is 4.63. The van der Waals surface area contributed by atoms with Gasteiger partial charge in [-0.15, -0.1) is 11.3 Å². The molecule has 2 heterocycles. The van der Waals surface area contributed by atoms with Gasteiger partial charge in [0, 0.05) is 36.0 Å². The summed E-state index contributed by atoms with van der Waals surface area (Å²) in [6.07, 6.45) is 0.611. The first-order valence-corrected chi connectivity index (χ1v) is 11.3. The number of thiophene rings is 1. The van der Waals surface area contributed by atoms with Crippen molar-refractivity contribution in [1.29, 1.82) is 0 Å². The number of sulfonamides is 1. The summed E-state index contributed by atoms with van der Waals surface area (Å²) >= 11 is 7.54. The van der Waals surface area contributed by atoms with E-state index in [0.717, 1.165) is 11.4 Å². The number of halogens is 1. The summed E-state index contributed by atoms with van der Waals surface area (Å²) in [5, 5.41) is 2.26. The first kappa shape index (κ1) is 20.1. The van der Waals surface area contributed by atoms with Crippen molar-refractivity contribution in [2.75, 3.05) is 37.9 Å². The van der Waals surface area contributed by atoms with Crippen molar-refractivity contribution in [3.8, 4) is 0 Å². The van der Waals surface area contributed by atoms with E-state index in [4.69, 9.17) is 11.6 Å². The maximum atomic E-state index is 12.8. The topological polar surface area (TPSA) is 69.7 Å². The largest absolute Gasteiger partial charge is 0.340 e. The van der Waals surface area contributed by atoms with Gasteiger partial charge in [0.1, 0.15) is 0 Å². The molecule has 1 aromatic heterocycles. The molecule has 2 aromatic rings. The van der Waals surface area contributed by atoms with E-state index >= 15 is 0 Å². The molecule has 0 aliphatic carbocycles. The molecule has 27 heavy (non-hydrogen) atoms. The van der Waals surface area contributed by atoms with Crippen molar-refractivity contribution in [1.82, 2.24) is 9.80 Å². The minimum atomic E-state index is -3.74. The molecule has 3 rings (SSSR count). The van der Waals surface area contributed by atoms with Gasteiger partial charge in [0.15, 0.2) is 0 Å². The maximum absolute atomic E-state index is 12.8. The van der Waals surface area contributed by atoms with Crippen LogP contribution in [-0.2, 0) is 21.2 Å². The number of nitrogens with one attached hydrogen (secondary N) is 1. The van der Waals surface area contributed by atoms with Crippen LogP contribution in [0.15, 0.2) is 34.5 Å². The molecular formula is C18H22ClN3O3S2. The molecule has 1 saturated heterocycles. The maximum Gasteiger partial charge on any atom is 0.262 e. The molecule has 146 valence electrons. The summed E-state index contributed by atoms with van der Waals surface area (Å²) in [6, 6.07) is 6.58. The summed E-state index contributed by atoms with van der Waals surface area (Å²) in [6.45, 7) is 4.24. The molecule has 6 nitrogen and oxygen atoms in total. The Bertz CT molecular complexity index is 943. The predicted octanol–water partition coefficient (Wildman–Crippen LogP) is 2.83. The smallest absolute Gasteiger partial charge is 0.262 e. The Labute approximate surface area is 168 Å². The average Bonchev–Trinajstić information content (AvgIpc) is 3.02. The highest BCUT2D eigenvalue weighted by Crippen LogP contribution is 2.29. The highest BCUT2D eigenvalue weighted by atomic mass is 35.5. The molecule has 1 aromatic carbocycles. The van der Waals surface area contributed by atoms with Crippen LogP contribution in [0.1, 0.15) is 10.4 Å². The van der Waals surface area contributed by atoms with Crippen LogP contribution in [0, 0.1) is 6.92 Å². The summed E-state index contributed by atoms with van der Waals surface area (Å²) in [7, 11) is -1.81. The number of piperazine rings is 1. The zero-order valence-electron chi connectivity index (χ0n) is 15.2. The molecule has 1 fully saturated rings. The van der Waals surface area contributed by atoms with Crippen molar-refractivity contribution in [3.05, 3.63) is 45.1 Å². The van der Waals surface area contributed by atoms with E-state index in [0.29, 0.717) is 42.3 Å². The Hall–Kier alpha value is -1.61. The van der Waals surface area contributed by atoms with E-state index < -0.39 is 10.0 Å². The van der Waals surface area contributed by atoms with Crippen LogP contribution in [0.3, 0.4) is 0 Å². The van der Waals surface area contributed by atoms with Gasteiger partial charge in [-0.3, -0.25) is 14.4 Å². The lowest BCUT2D eigenvalue weighted by molar-refractivity contribution is -0.135. The van der Waals surface area contributed by atoms with Crippen LogP contribution in [0.2, 0.25) is 5.02 Å². The van der Waals surface area contributed by atoms with Gasteiger partial charge in [0.2, 0.25) is 5.91 Å². The number of carbonyl (C=O) groups excluding carboxylic acids is 1. The fraction of sp³-hybridized carbons (Fsp3) is 0.389. The van der Waals surface area contributed by atoms with Gasteiger partial charge in [-0.05, 0) is 43.1 Å². The zero-order valence-corrected chi connectivity index (χ0v) is 17.6. The molecule has 9 heteroatoms. The highest BCUT2D eigenvalue weighted by molar-refractivity contribution is 7.92. The number of benzene rings is 1. The minimum absolute atomic E-state index is 0.108. The lowest BCUT2D eigenvalue weighted by Gasteiger charge is -2.32. The number of hydrogen-bond donors (Lipinski definition) is 1. The second-order valence-electron chi connectivity index (χ2n) is 6.59. The van der Waals surface area contributed by atoms with Crippen LogP contribution in [0.4, 0.5) is 5.69 Å². The van der Waals surface area contributed by atoms with Crippen molar-refractivity contribution in [3.63, 3.8) is 0 Å². The summed E-state index contributed by atoms with van der Waals surface area (Å²) in [4.78, 5) is 17.0. The molecule has 1 amide bonds. The Morgan fingerprint density at radius 2 is 2.04 bits per heavy atom. The van der Waals surface area contributed by atoms with Crippen LogP contribution in [-0.4, -0.2) is 57.4 Å². The molecule has 0 bridgehead atoms. The molecule has 0 spiro atoms. The fourth-order valence-corrected chi connectivity index (χ4v) is 5.48. The highest BCUT2D eigenvalue weighted by Gasteiger charge is 2.23. The minimum Gasteiger partial charge on any atom is -0.340 e. The first-order valence-electron chi connectivity index (χ1n) is 8.58. The van der Waals surface area contributed by atoms with Crippen LogP contribution < -0.4 is 4.72 Å². The second kappa shape index (κ2) is 8.18. The molecule has 1 aliphatic rings. The number of likely N-dealkylation sites (N-methyl/N-ethyl adjacent to an activating group) is 1. The van der Waals surface area contributed by atoms with Gasteiger partial charge in [0.25, 0.3) is 10.0 Å². The normalized spacial score (nSPS) is 16.0. The third-order valence-electron chi connectivity index (χ3n) is 4.62. The Morgan fingerprint density at radius 3 is 2.78 bits per heavy atom. The Balaban J connectivity index is 1.71. The zero-order chi connectivity index (χ0) is 19.6. The van der Waals surface area contributed by atoms with Crippen molar-refractivity contribution in [2.24, 2.45) is 0 Å². The second-order valence-corrected chi connectivity index (χ2v) is 9.65. The SMILES string of the molecule is Cc1c(Cl)cccc1S(=O)(=O)Nc1ccsc1CCN1CCN(C)CC1=O. The van der Waals surface area contributed by atoms with Gasteiger partial charge >= 0.3 is 0 Å². The molecule has 0 atom stereocenters. The van der Waals surface area contributed by atoms with E-state index in [9.17, 15) is 13.2 Å². The monoisotopic (exact) mass is 427 g/mol. The Kier molecular flexibility index (Phi) is 6.10. The molecule has 0 unspecified atom stereocenters. The van der Waals surface area contributed by atoms with Crippen LogP contribution in [0.5, 0.6) is 0 Å². The number of rotatable bonds is 6. The van der Waals surface area contributed by atoms with Gasteiger partial charge < -0.3 is 4.90 Å². The van der Waals surface area contributed by atoms with Gasteiger partial charge in [0.05, 0.1) is 17.1 Å². The van der Waals surface area contributed by atoms with Gasteiger partial charge in [-0.2, -0.15) is 0 Å². The van der Waals surface area contributed by atoms with Crippen molar-refractivity contribution in [2.45, 2.75) is 18.2 Å². The van der Waals surface area contributed by atoms with Gasteiger partial charge in [-0.1, -0.05) is 17.7 Å². The summed E-state index contributed by atoms with van der Waals surface area (Å²) in [5.74, 6) is 0.108. The van der Waals surface area contributed by atoms with Crippen molar-refractivity contribution >= 4 is 44.6 Å². The fourth-order valence-electron chi connectivity index (χ4n) is 3.00. The number of hydrogen-bond acceptors (Lipinski definition) is 5. The van der Waals surface area contributed by atoms with Crippen molar-refractivity contribution < 1.29 is 13.2 Å². The Morgan fingerprint density at radius 1 is 1.26 bits per heavy atom. The van der Waals surface area contributed by atoms with Crippen LogP contribution in [0.25, 0.3) is 0 Å². The summed E-state index contributed by atoms with van der Waals surface area (Å²) in [5.41, 5.74) is 1.08. The number of nitrogens with zero attached hydrogens (tertiary/aromatic N) is 2. The lowest BCUT2D eigenvalue weighted by Crippen LogP contribution is -2.49. The molecule has 1 aliphatic heterocycles. The predicted molar refractivity (Wildman–Crippen MR) is 109 cm³/mol. The number of amides is 1. The van der Waals surface area contributed by atoms with E-state index in [2.05, 4.69) is 4.72 Å². The lowest BCUT2D eigenvalue weighted by atomic mass is 10.2. The molecule has 0 radical (unpaired) electrons.